The lowest BCUT2D eigenvalue weighted by Crippen LogP contribution is -2.43. The molecule has 1 fully saturated rings. The summed E-state index contributed by atoms with van der Waals surface area (Å²) in [6.45, 7) is 2.25. The minimum absolute atomic E-state index is 0.0462. The fraction of sp³-hybridized carbons (Fsp3) is 0.550. The number of carbonyl (C=O) groups excluding carboxylic acids is 1. The summed E-state index contributed by atoms with van der Waals surface area (Å²) in [4.78, 5) is 12.3. The average molecular weight is 391 g/mol. The van der Waals surface area contributed by atoms with Crippen LogP contribution in [0.15, 0.2) is 29.8 Å². The molecule has 0 bridgehead atoms. The fourth-order valence-corrected chi connectivity index (χ4v) is 6.17. The van der Waals surface area contributed by atoms with Gasteiger partial charge in [0.05, 0.1) is 0 Å². The van der Waals surface area contributed by atoms with Crippen LogP contribution in [0, 0.1) is 17.3 Å². The highest BCUT2D eigenvalue weighted by Crippen LogP contribution is 2.61. The zero-order valence-corrected chi connectivity index (χ0v) is 16.5. The molecule has 6 nitrogen and oxygen atoms in total. The molecular formula is C20H26N2O4S. The van der Waals surface area contributed by atoms with Crippen molar-refractivity contribution >= 4 is 16.2 Å². The normalized spacial score (nSPS) is 32.0. The van der Waals surface area contributed by atoms with Gasteiger partial charge in [-0.2, -0.15) is 13.6 Å². The molecule has 7 heteroatoms. The molecule has 3 aliphatic rings. The van der Waals surface area contributed by atoms with Gasteiger partial charge in [-0.15, -0.1) is 0 Å². The van der Waals surface area contributed by atoms with Gasteiger partial charge in [0.2, 0.25) is 5.91 Å². The van der Waals surface area contributed by atoms with E-state index < -0.39 is 10.3 Å². The number of benzene rings is 1. The monoisotopic (exact) mass is 390 g/mol. The number of rotatable bonds is 3. The van der Waals surface area contributed by atoms with Crippen molar-refractivity contribution < 1.29 is 17.4 Å². The minimum Gasteiger partial charge on any atom is -0.371 e. The lowest BCUT2D eigenvalue weighted by molar-refractivity contribution is -0.118. The highest BCUT2D eigenvalue weighted by atomic mass is 32.2. The molecule has 1 saturated carbocycles. The van der Waals surface area contributed by atoms with E-state index in [4.69, 9.17) is 9.32 Å². The molecule has 1 aromatic carbocycles. The zero-order valence-electron chi connectivity index (χ0n) is 15.7. The molecular weight excluding hydrogens is 364 g/mol. The number of hydrogen-bond donors (Lipinski definition) is 2. The van der Waals surface area contributed by atoms with Crippen LogP contribution in [-0.2, 0) is 21.5 Å². The van der Waals surface area contributed by atoms with Crippen LogP contribution in [0.3, 0.4) is 0 Å². The number of allylic oxidation sites excluding steroid dienone is 1. The van der Waals surface area contributed by atoms with Crippen LogP contribution in [0.5, 0.6) is 5.75 Å². The predicted octanol–water partition coefficient (Wildman–Crippen LogP) is 2.41. The highest BCUT2D eigenvalue weighted by Gasteiger charge is 2.53. The van der Waals surface area contributed by atoms with Gasteiger partial charge in [-0.1, -0.05) is 19.1 Å². The first-order valence-corrected chi connectivity index (χ1v) is 11.0. The Morgan fingerprint density at radius 3 is 2.81 bits per heavy atom. The van der Waals surface area contributed by atoms with Crippen LogP contribution in [0.4, 0.5) is 0 Å². The molecule has 0 aromatic heterocycles. The van der Waals surface area contributed by atoms with Gasteiger partial charge in [0.25, 0.3) is 0 Å². The van der Waals surface area contributed by atoms with E-state index in [-0.39, 0.29) is 17.1 Å². The van der Waals surface area contributed by atoms with Crippen LogP contribution >= 0.6 is 0 Å². The average Bonchev–Trinajstić information content (AvgIpc) is 2.96. The van der Waals surface area contributed by atoms with Crippen molar-refractivity contribution in [1.29, 1.82) is 0 Å². The van der Waals surface area contributed by atoms with Gasteiger partial charge in [-0.05, 0) is 73.1 Å². The van der Waals surface area contributed by atoms with Gasteiger partial charge >= 0.3 is 10.3 Å². The number of aryl methyl sites for hydroxylation is 1. The number of amides is 1. The molecule has 0 aliphatic heterocycles. The van der Waals surface area contributed by atoms with Gasteiger partial charge < -0.3 is 9.50 Å². The predicted molar refractivity (Wildman–Crippen MR) is 102 cm³/mol. The van der Waals surface area contributed by atoms with Crippen molar-refractivity contribution in [1.82, 2.24) is 5.32 Å². The Morgan fingerprint density at radius 1 is 1.33 bits per heavy atom. The third-order valence-corrected chi connectivity index (χ3v) is 7.39. The molecule has 27 heavy (non-hydrogen) atoms. The molecule has 3 aliphatic carbocycles. The molecule has 3 unspecified atom stereocenters. The van der Waals surface area contributed by atoms with E-state index >= 15 is 0 Å². The second-order valence-corrected chi connectivity index (χ2v) is 9.39. The van der Waals surface area contributed by atoms with Crippen LogP contribution in [-0.4, -0.2) is 21.4 Å². The van der Waals surface area contributed by atoms with Crippen LogP contribution in [0.1, 0.15) is 49.7 Å². The van der Waals surface area contributed by atoms with Gasteiger partial charge in [0, 0.05) is 18.0 Å². The van der Waals surface area contributed by atoms with E-state index in [9.17, 15) is 13.2 Å². The number of nitrogens with two attached hydrogens (primary N) is 1. The maximum absolute atomic E-state index is 12.3. The SMILES string of the molecule is CNC(=O)C1=CCC2C3CCc4cc(OS(N)(=O)=O)ccc4C3CC[C@]12C. The summed E-state index contributed by atoms with van der Waals surface area (Å²) < 4.78 is 27.2. The summed E-state index contributed by atoms with van der Waals surface area (Å²) in [5, 5.41) is 7.78. The second kappa shape index (κ2) is 6.34. The topological polar surface area (TPSA) is 98.5 Å². The summed E-state index contributed by atoms with van der Waals surface area (Å²) in [6, 6.07) is 5.51. The van der Waals surface area contributed by atoms with Gasteiger partial charge in [-0.3, -0.25) is 4.79 Å². The third-order valence-electron chi connectivity index (χ3n) is 6.96. The van der Waals surface area contributed by atoms with Crippen molar-refractivity contribution in [2.75, 3.05) is 7.05 Å². The Labute approximate surface area is 160 Å². The lowest BCUT2D eigenvalue weighted by atomic mass is 9.54. The van der Waals surface area contributed by atoms with Crippen LogP contribution < -0.4 is 14.6 Å². The number of nitrogens with one attached hydrogen (secondary N) is 1. The molecule has 4 atom stereocenters. The quantitative estimate of drug-likeness (QED) is 0.828. The van der Waals surface area contributed by atoms with Crippen molar-refractivity contribution in [2.24, 2.45) is 22.4 Å². The Bertz CT molecular complexity index is 924. The molecule has 146 valence electrons. The smallest absolute Gasteiger partial charge is 0.371 e. The van der Waals surface area contributed by atoms with Crippen molar-refractivity contribution in [3.8, 4) is 5.75 Å². The molecule has 0 heterocycles. The Morgan fingerprint density at radius 2 is 2.11 bits per heavy atom. The summed E-state index contributed by atoms with van der Waals surface area (Å²) in [5.74, 6) is 1.81. The van der Waals surface area contributed by atoms with E-state index in [0.717, 1.165) is 43.2 Å². The highest BCUT2D eigenvalue weighted by molar-refractivity contribution is 7.84. The second-order valence-electron chi connectivity index (χ2n) is 8.24. The first-order valence-electron chi connectivity index (χ1n) is 9.50. The minimum atomic E-state index is -4.01. The first-order chi connectivity index (χ1) is 12.7. The number of hydrogen-bond acceptors (Lipinski definition) is 4. The maximum Gasteiger partial charge on any atom is 0.380 e. The van der Waals surface area contributed by atoms with Crippen molar-refractivity contribution in [3.05, 3.63) is 41.0 Å². The Hall–Kier alpha value is -1.86. The van der Waals surface area contributed by atoms with E-state index in [1.165, 1.54) is 5.56 Å². The molecule has 1 amide bonds. The van der Waals surface area contributed by atoms with Gasteiger partial charge in [0.1, 0.15) is 5.75 Å². The molecule has 0 saturated heterocycles. The number of fused-ring (bicyclic) bond motifs is 5. The van der Waals surface area contributed by atoms with E-state index in [2.05, 4.69) is 18.3 Å². The molecule has 3 N–H and O–H groups in total. The molecule has 4 rings (SSSR count). The van der Waals surface area contributed by atoms with E-state index in [1.54, 1.807) is 13.1 Å². The van der Waals surface area contributed by atoms with E-state index in [0.29, 0.717) is 17.8 Å². The third kappa shape index (κ3) is 3.06. The summed E-state index contributed by atoms with van der Waals surface area (Å²) >= 11 is 0. The van der Waals surface area contributed by atoms with Crippen LogP contribution in [0.25, 0.3) is 0 Å². The van der Waals surface area contributed by atoms with Crippen LogP contribution in [0.2, 0.25) is 0 Å². The summed E-state index contributed by atoms with van der Waals surface area (Å²) in [5.41, 5.74) is 3.35. The number of carbonyl (C=O) groups is 1. The Balaban J connectivity index is 1.61. The van der Waals surface area contributed by atoms with Gasteiger partial charge in [-0.25, -0.2) is 0 Å². The van der Waals surface area contributed by atoms with E-state index in [1.807, 2.05) is 12.1 Å². The van der Waals surface area contributed by atoms with Crippen molar-refractivity contribution in [3.63, 3.8) is 0 Å². The maximum atomic E-state index is 12.3. The lowest BCUT2D eigenvalue weighted by Gasteiger charge is -2.50. The Kier molecular flexibility index (Phi) is 4.35. The van der Waals surface area contributed by atoms with Gasteiger partial charge in [0.15, 0.2) is 0 Å². The zero-order chi connectivity index (χ0) is 19.4. The largest absolute Gasteiger partial charge is 0.380 e. The molecule has 0 radical (unpaired) electrons. The molecule has 1 aromatic rings. The first kappa shape index (κ1) is 18.5. The summed E-state index contributed by atoms with van der Waals surface area (Å²) in [6.07, 6.45) is 7.07. The standard InChI is InChI=1S/C20H26N2O4S/c1-20-10-9-15-14-6-4-13(26-27(21,24)25)11-12(14)3-5-16(15)17(20)7-8-18(20)19(23)22-2/h4,6,8,11,15-17H,3,5,7,9-10H2,1-2H3,(H,22,23)(H2,21,24,25)/t15?,16?,17?,20-/m0/s1. The molecule has 0 spiro atoms. The number of likely N-dealkylation sites (N-methyl/N-ethyl adjacent to an activating group) is 1. The summed E-state index contributed by atoms with van der Waals surface area (Å²) in [7, 11) is -2.31. The van der Waals surface area contributed by atoms with Crippen molar-refractivity contribution in [2.45, 2.75) is 44.9 Å². The fourth-order valence-electron chi connectivity index (χ4n) is 5.80.